The van der Waals surface area contributed by atoms with Crippen LogP contribution in [0.2, 0.25) is 0 Å². The molecule has 0 fully saturated rings. The Bertz CT molecular complexity index is 847. The molecular weight excluding hydrogens is 308 g/mol. The summed E-state index contributed by atoms with van der Waals surface area (Å²) in [5.74, 6) is 0.358. The number of hydrogen-bond donors (Lipinski definition) is 1. The van der Waals surface area contributed by atoms with Crippen molar-refractivity contribution in [3.05, 3.63) is 48.3 Å². The van der Waals surface area contributed by atoms with Crippen LogP contribution >= 0.6 is 0 Å². The topological polar surface area (TPSA) is 94.8 Å². The first-order valence-electron chi connectivity index (χ1n) is 7.58. The van der Waals surface area contributed by atoms with Crippen molar-refractivity contribution in [3.8, 4) is 0 Å². The highest BCUT2D eigenvalue weighted by Gasteiger charge is 2.18. The van der Waals surface area contributed by atoms with Crippen LogP contribution in [0.25, 0.3) is 11.0 Å². The summed E-state index contributed by atoms with van der Waals surface area (Å²) in [6, 6.07) is 7.10. The van der Waals surface area contributed by atoms with Gasteiger partial charge in [-0.15, -0.1) is 10.2 Å². The van der Waals surface area contributed by atoms with E-state index in [9.17, 15) is 4.79 Å². The van der Waals surface area contributed by atoms with E-state index in [0.717, 1.165) is 5.52 Å². The van der Waals surface area contributed by atoms with Crippen molar-refractivity contribution < 1.29 is 9.53 Å². The highest BCUT2D eigenvalue weighted by Crippen LogP contribution is 2.12. The Balaban J connectivity index is 1.74. The second kappa shape index (κ2) is 7.14. The zero-order valence-corrected chi connectivity index (χ0v) is 13.5. The number of nitrogens with zero attached hydrogens (tertiary/aromatic N) is 5. The molecule has 0 saturated heterocycles. The lowest BCUT2D eigenvalue weighted by molar-refractivity contribution is 0.0932. The predicted octanol–water partition coefficient (Wildman–Crippen LogP) is 1.36. The standard InChI is InChI=1S/C16H18N6O2/c1-11(15-21-18-10-22(15)7-8-24-2)19-16(23)14-9-17-12-5-3-4-6-13(12)20-14/h3-6,9-11H,7-8H2,1-2H3,(H,19,23)/t11-/m1/s1. The lowest BCUT2D eigenvalue weighted by Gasteiger charge is -2.14. The molecule has 0 unspecified atom stereocenters. The summed E-state index contributed by atoms with van der Waals surface area (Å²) in [5.41, 5.74) is 1.70. The van der Waals surface area contributed by atoms with Crippen molar-refractivity contribution in [2.45, 2.75) is 19.5 Å². The quantitative estimate of drug-likeness (QED) is 0.735. The minimum atomic E-state index is -0.315. The molecule has 1 amide bonds. The molecule has 0 aliphatic heterocycles. The maximum atomic E-state index is 12.4. The number of carbonyl (C=O) groups is 1. The first kappa shape index (κ1) is 16.0. The maximum Gasteiger partial charge on any atom is 0.272 e. The van der Waals surface area contributed by atoms with Crippen LogP contribution in [0, 0.1) is 0 Å². The Labute approximate surface area is 138 Å². The molecule has 3 rings (SSSR count). The van der Waals surface area contributed by atoms with Gasteiger partial charge in [-0.05, 0) is 19.1 Å². The van der Waals surface area contributed by atoms with Crippen LogP contribution in [0.3, 0.4) is 0 Å². The van der Waals surface area contributed by atoms with Crippen LogP contribution in [0.4, 0.5) is 0 Å². The Morgan fingerprint density at radius 3 is 2.92 bits per heavy atom. The Kier molecular flexibility index (Phi) is 4.76. The van der Waals surface area contributed by atoms with E-state index < -0.39 is 0 Å². The fourth-order valence-electron chi connectivity index (χ4n) is 2.36. The number of para-hydroxylation sites is 2. The van der Waals surface area contributed by atoms with Crippen molar-refractivity contribution in [1.29, 1.82) is 0 Å². The summed E-state index contributed by atoms with van der Waals surface area (Å²) >= 11 is 0. The molecule has 24 heavy (non-hydrogen) atoms. The van der Waals surface area contributed by atoms with Gasteiger partial charge in [-0.1, -0.05) is 12.1 Å². The largest absolute Gasteiger partial charge is 0.383 e. The number of benzene rings is 1. The molecule has 0 saturated carbocycles. The smallest absolute Gasteiger partial charge is 0.272 e. The summed E-state index contributed by atoms with van der Waals surface area (Å²) in [4.78, 5) is 21.0. The van der Waals surface area contributed by atoms with Crippen LogP contribution < -0.4 is 5.32 Å². The zero-order chi connectivity index (χ0) is 16.9. The van der Waals surface area contributed by atoms with Gasteiger partial charge in [0.05, 0.1) is 29.9 Å². The van der Waals surface area contributed by atoms with Gasteiger partial charge in [0.1, 0.15) is 12.0 Å². The molecule has 2 aromatic heterocycles. The van der Waals surface area contributed by atoms with E-state index in [-0.39, 0.29) is 17.6 Å². The molecule has 1 atom stereocenters. The van der Waals surface area contributed by atoms with Crippen LogP contribution in [0.5, 0.6) is 0 Å². The third-order valence-electron chi connectivity index (χ3n) is 3.60. The number of amides is 1. The molecule has 124 valence electrons. The summed E-state index contributed by atoms with van der Waals surface area (Å²) < 4.78 is 6.91. The number of carbonyl (C=O) groups excluding carboxylic acids is 1. The van der Waals surface area contributed by atoms with E-state index in [4.69, 9.17) is 4.74 Å². The third-order valence-corrected chi connectivity index (χ3v) is 3.60. The number of hydrogen-bond acceptors (Lipinski definition) is 6. The van der Waals surface area contributed by atoms with Crippen LogP contribution in [-0.2, 0) is 11.3 Å². The van der Waals surface area contributed by atoms with Crippen molar-refractivity contribution in [2.24, 2.45) is 0 Å². The zero-order valence-electron chi connectivity index (χ0n) is 13.5. The molecule has 1 aromatic carbocycles. The van der Waals surface area contributed by atoms with E-state index in [0.29, 0.717) is 24.5 Å². The fraction of sp³-hybridized carbons (Fsp3) is 0.312. The van der Waals surface area contributed by atoms with E-state index in [1.165, 1.54) is 6.20 Å². The normalized spacial score (nSPS) is 12.2. The van der Waals surface area contributed by atoms with Gasteiger partial charge in [0, 0.05) is 13.7 Å². The molecule has 0 spiro atoms. The molecule has 0 aliphatic rings. The maximum absolute atomic E-state index is 12.4. The monoisotopic (exact) mass is 326 g/mol. The lowest BCUT2D eigenvalue weighted by Crippen LogP contribution is -2.29. The van der Waals surface area contributed by atoms with Gasteiger partial charge in [0.25, 0.3) is 5.91 Å². The molecule has 0 radical (unpaired) electrons. The van der Waals surface area contributed by atoms with Crippen molar-refractivity contribution in [2.75, 3.05) is 13.7 Å². The van der Waals surface area contributed by atoms with Crippen LogP contribution in [-0.4, -0.2) is 44.4 Å². The van der Waals surface area contributed by atoms with Gasteiger partial charge in [0.2, 0.25) is 0 Å². The molecule has 3 aromatic rings. The summed E-state index contributed by atoms with van der Waals surface area (Å²) in [6.45, 7) is 3.01. The number of fused-ring (bicyclic) bond motifs is 1. The minimum Gasteiger partial charge on any atom is -0.383 e. The van der Waals surface area contributed by atoms with Crippen molar-refractivity contribution in [1.82, 2.24) is 30.0 Å². The Hall–Kier alpha value is -2.87. The Morgan fingerprint density at radius 2 is 2.12 bits per heavy atom. The lowest BCUT2D eigenvalue weighted by atomic mass is 10.2. The number of methoxy groups -OCH3 is 1. The average Bonchev–Trinajstić information content (AvgIpc) is 3.08. The van der Waals surface area contributed by atoms with Crippen molar-refractivity contribution in [3.63, 3.8) is 0 Å². The van der Waals surface area contributed by atoms with E-state index in [1.54, 1.807) is 13.4 Å². The third kappa shape index (κ3) is 3.38. The molecule has 0 bridgehead atoms. The van der Waals surface area contributed by atoms with Gasteiger partial charge < -0.3 is 14.6 Å². The first-order chi connectivity index (χ1) is 11.7. The molecule has 2 heterocycles. The van der Waals surface area contributed by atoms with Gasteiger partial charge >= 0.3 is 0 Å². The molecule has 1 N–H and O–H groups in total. The van der Waals surface area contributed by atoms with E-state index in [1.807, 2.05) is 35.8 Å². The molecule has 8 heteroatoms. The van der Waals surface area contributed by atoms with Gasteiger partial charge in [-0.25, -0.2) is 4.98 Å². The van der Waals surface area contributed by atoms with Crippen LogP contribution in [0.1, 0.15) is 29.3 Å². The number of aromatic nitrogens is 5. The van der Waals surface area contributed by atoms with Crippen molar-refractivity contribution >= 4 is 16.9 Å². The highest BCUT2D eigenvalue weighted by molar-refractivity contribution is 5.93. The second-order valence-electron chi connectivity index (χ2n) is 5.31. The molecule has 8 nitrogen and oxygen atoms in total. The number of ether oxygens (including phenoxy) is 1. The SMILES string of the molecule is COCCn1cnnc1[C@@H](C)NC(=O)c1cnc2ccccc2n1. The summed E-state index contributed by atoms with van der Waals surface area (Å²) in [7, 11) is 1.63. The Morgan fingerprint density at radius 1 is 1.33 bits per heavy atom. The molecule has 0 aliphatic carbocycles. The number of rotatable bonds is 6. The predicted molar refractivity (Wildman–Crippen MR) is 87.3 cm³/mol. The fourth-order valence-corrected chi connectivity index (χ4v) is 2.36. The van der Waals surface area contributed by atoms with E-state index in [2.05, 4.69) is 25.5 Å². The van der Waals surface area contributed by atoms with Gasteiger partial charge in [0.15, 0.2) is 5.82 Å². The van der Waals surface area contributed by atoms with E-state index >= 15 is 0 Å². The van der Waals surface area contributed by atoms with Crippen LogP contribution in [0.15, 0.2) is 36.8 Å². The average molecular weight is 326 g/mol. The van der Waals surface area contributed by atoms with Gasteiger partial charge in [-0.2, -0.15) is 0 Å². The summed E-state index contributed by atoms with van der Waals surface area (Å²) in [5, 5.41) is 10.8. The van der Waals surface area contributed by atoms with Gasteiger partial charge in [-0.3, -0.25) is 9.78 Å². The highest BCUT2D eigenvalue weighted by atomic mass is 16.5. The first-order valence-corrected chi connectivity index (χ1v) is 7.58. The second-order valence-corrected chi connectivity index (χ2v) is 5.31. The molecular formula is C16H18N6O2. The summed E-state index contributed by atoms with van der Waals surface area (Å²) in [6.07, 6.45) is 3.09. The minimum absolute atomic E-state index is 0.267. The number of nitrogens with one attached hydrogen (secondary N) is 1.